The van der Waals surface area contributed by atoms with Crippen LogP contribution in [0, 0.1) is 0 Å². The predicted molar refractivity (Wildman–Crippen MR) is 90.6 cm³/mol. The average molecular weight is 415 g/mol. The molecule has 1 aromatic rings. The van der Waals surface area contributed by atoms with Gasteiger partial charge in [-0.25, -0.2) is 8.42 Å². The van der Waals surface area contributed by atoms with Crippen LogP contribution in [0.2, 0.25) is 5.02 Å². The lowest BCUT2D eigenvalue weighted by Crippen LogP contribution is -2.42. The van der Waals surface area contributed by atoms with E-state index in [2.05, 4.69) is 15.9 Å². The SMILES string of the molecule is O=S(=O)(c1ccc(Cl)c(Br)c1)N(CCCl)C1CCCCC1. The van der Waals surface area contributed by atoms with Crippen molar-refractivity contribution in [3.63, 3.8) is 0 Å². The molecule has 1 saturated carbocycles. The number of halogens is 3. The van der Waals surface area contributed by atoms with Gasteiger partial charge in [-0.05, 0) is 47.0 Å². The van der Waals surface area contributed by atoms with Crippen LogP contribution in [0.1, 0.15) is 32.1 Å². The Morgan fingerprint density at radius 1 is 1.24 bits per heavy atom. The van der Waals surface area contributed by atoms with Crippen molar-refractivity contribution in [3.05, 3.63) is 27.7 Å². The standard InChI is InChI=1S/C14H18BrCl2NO2S/c15-13-10-12(6-7-14(13)17)21(19,20)18(9-8-16)11-4-2-1-3-5-11/h6-7,10-11H,1-5,8-9H2. The first-order valence-electron chi connectivity index (χ1n) is 6.99. The molecule has 0 N–H and O–H groups in total. The second-order valence-electron chi connectivity index (χ2n) is 5.17. The van der Waals surface area contributed by atoms with Gasteiger partial charge in [0.1, 0.15) is 0 Å². The fourth-order valence-electron chi connectivity index (χ4n) is 2.72. The minimum absolute atomic E-state index is 0.0527. The Hall–Kier alpha value is 0.190. The number of hydrogen-bond acceptors (Lipinski definition) is 2. The summed E-state index contributed by atoms with van der Waals surface area (Å²) < 4.78 is 27.9. The van der Waals surface area contributed by atoms with Crippen molar-refractivity contribution < 1.29 is 8.42 Å². The highest BCUT2D eigenvalue weighted by molar-refractivity contribution is 9.10. The van der Waals surface area contributed by atoms with Gasteiger partial charge in [-0.1, -0.05) is 30.9 Å². The highest BCUT2D eigenvalue weighted by Gasteiger charge is 2.32. The first kappa shape index (κ1) is 17.5. The number of sulfonamides is 1. The fraction of sp³-hybridized carbons (Fsp3) is 0.571. The van der Waals surface area contributed by atoms with Gasteiger partial charge in [0.15, 0.2) is 0 Å². The molecule has 1 aliphatic rings. The van der Waals surface area contributed by atoms with E-state index in [0.717, 1.165) is 25.7 Å². The smallest absolute Gasteiger partial charge is 0.207 e. The summed E-state index contributed by atoms with van der Waals surface area (Å²) in [7, 11) is -3.54. The predicted octanol–water partition coefficient (Wildman–Crippen LogP) is 4.66. The minimum atomic E-state index is -3.54. The van der Waals surface area contributed by atoms with Crippen LogP contribution in [0.3, 0.4) is 0 Å². The zero-order chi connectivity index (χ0) is 15.5. The second kappa shape index (κ2) is 7.64. The van der Waals surface area contributed by atoms with Crippen molar-refractivity contribution in [2.24, 2.45) is 0 Å². The first-order chi connectivity index (χ1) is 9.96. The summed E-state index contributed by atoms with van der Waals surface area (Å²) in [5.74, 6) is 0.296. The summed E-state index contributed by atoms with van der Waals surface area (Å²) in [4.78, 5) is 0.259. The van der Waals surface area contributed by atoms with E-state index in [1.807, 2.05) is 0 Å². The topological polar surface area (TPSA) is 37.4 Å². The van der Waals surface area contributed by atoms with Gasteiger partial charge in [-0.15, -0.1) is 11.6 Å². The molecular weight excluding hydrogens is 397 g/mol. The second-order valence-corrected chi connectivity index (χ2v) is 8.70. The Labute approximate surface area is 144 Å². The van der Waals surface area contributed by atoms with Crippen molar-refractivity contribution in [3.8, 4) is 0 Å². The van der Waals surface area contributed by atoms with Gasteiger partial charge in [0, 0.05) is 22.9 Å². The number of benzene rings is 1. The van der Waals surface area contributed by atoms with E-state index in [4.69, 9.17) is 23.2 Å². The molecule has 1 aromatic carbocycles. The van der Waals surface area contributed by atoms with Gasteiger partial charge in [-0.3, -0.25) is 0 Å². The number of hydrogen-bond donors (Lipinski definition) is 0. The van der Waals surface area contributed by atoms with Crippen LogP contribution in [-0.2, 0) is 10.0 Å². The van der Waals surface area contributed by atoms with Crippen molar-refractivity contribution >= 4 is 49.2 Å². The van der Waals surface area contributed by atoms with Crippen LogP contribution in [0.4, 0.5) is 0 Å². The van der Waals surface area contributed by atoms with E-state index in [0.29, 0.717) is 21.9 Å². The van der Waals surface area contributed by atoms with E-state index in [1.54, 1.807) is 22.5 Å². The summed E-state index contributed by atoms with van der Waals surface area (Å²) in [5, 5.41) is 0.496. The molecule has 0 unspecified atom stereocenters. The number of nitrogens with zero attached hydrogens (tertiary/aromatic N) is 1. The monoisotopic (exact) mass is 413 g/mol. The minimum Gasteiger partial charge on any atom is -0.207 e. The molecule has 0 radical (unpaired) electrons. The molecule has 21 heavy (non-hydrogen) atoms. The fourth-order valence-corrected chi connectivity index (χ4v) is 5.37. The molecule has 0 aromatic heterocycles. The molecule has 0 aliphatic heterocycles. The van der Waals surface area contributed by atoms with Crippen molar-refractivity contribution in [1.82, 2.24) is 4.31 Å². The van der Waals surface area contributed by atoms with E-state index < -0.39 is 10.0 Å². The molecule has 0 spiro atoms. The van der Waals surface area contributed by atoms with Gasteiger partial charge in [0.25, 0.3) is 0 Å². The van der Waals surface area contributed by atoms with Gasteiger partial charge in [0.2, 0.25) is 10.0 Å². The van der Waals surface area contributed by atoms with Crippen LogP contribution >= 0.6 is 39.1 Å². The Morgan fingerprint density at radius 3 is 2.48 bits per heavy atom. The average Bonchev–Trinajstić information content (AvgIpc) is 2.48. The van der Waals surface area contributed by atoms with Crippen LogP contribution in [0.25, 0.3) is 0 Å². The molecule has 0 bridgehead atoms. The van der Waals surface area contributed by atoms with Crippen molar-refractivity contribution in [2.75, 3.05) is 12.4 Å². The van der Waals surface area contributed by atoms with Gasteiger partial charge in [-0.2, -0.15) is 4.31 Å². The lowest BCUT2D eigenvalue weighted by molar-refractivity contribution is 0.262. The Balaban J connectivity index is 2.34. The molecule has 0 heterocycles. The van der Waals surface area contributed by atoms with Crippen LogP contribution < -0.4 is 0 Å². The molecule has 3 nitrogen and oxygen atoms in total. The van der Waals surface area contributed by atoms with E-state index >= 15 is 0 Å². The maximum Gasteiger partial charge on any atom is 0.243 e. The van der Waals surface area contributed by atoms with E-state index in [-0.39, 0.29) is 10.9 Å². The zero-order valence-electron chi connectivity index (χ0n) is 11.6. The third kappa shape index (κ3) is 4.14. The third-order valence-electron chi connectivity index (χ3n) is 3.78. The molecule has 0 atom stereocenters. The lowest BCUT2D eigenvalue weighted by Gasteiger charge is -2.33. The molecule has 7 heteroatoms. The van der Waals surface area contributed by atoms with Crippen LogP contribution in [-0.4, -0.2) is 31.2 Å². The van der Waals surface area contributed by atoms with Gasteiger partial charge < -0.3 is 0 Å². The summed E-state index contributed by atoms with van der Waals surface area (Å²) in [6.45, 7) is 0.342. The quantitative estimate of drug-likeness (QED) is 0.656. The Bertz CT molecular complexity index is 589. The molecular formula is C14H18BrCl2NO2S. The van der Waals surface area contributed by atoms with Crippen LogP contribution in [0.5, 0.6) is 0 Å². The molecule has 0 saturated heterocycles. The highest BCUT2D eigenvalue weighted by Crippen LogP contribution is 2.31. The van der Waals surface area contributed by atoms with E-state index in [1.165, 1.54) is 6.42 Å². The maximum atomic E-state index is 12.9. The van der Waals surface area contributed by atoms with E-state index in [9.17, 15) is 8.42 Å². The summed E-state index contributed by atoms with van der Waals surface area (Å²) in [6, 6.07) is 4.75. The lowest BCUT2D eigenvalue weighted by atomic mass is 9.95. The Morgan fingerprint density at radius 2 is 1.90 bits per heavy atom. The Kier molecular flexibility index (Phi) is 6.38. The summed E-state index contributed by atoms with van der Waals surface area (Å²) >= 11 is 15.1. The largest absolute Gasteiger partial charge is 0.243 e. The summed E-state index contributed by atoms with van der Waals surface area (Å²) in [5.41, 5.74) is 0. The maximum absolute atomic E-state index is 12.9. The first-order valence-corrected chi connectivity index (χ1v) is 10.1. The van der Waals surface area contributed by atoms with Crippen molar-refractivity contribution in [1.29, 1.82) is 0 Å². The number of alkyl halides is 1. The molecule has 0 amide bonds. The highest BCUT2D eigenvalue weighted by atomic mass is 79.9. The van der Waals surface area contributed by atoms with Gasteiger partial charge >= 0.3 is 0 Å². The third-order valence-corrected chi connectivity index (χ3v) is 7.12. The van der Waals surface area contributed by atoms with Gasteiger partial charge in [0.05, 0.1) is 9.92 Å². The van der Waals surface area contributed by atoms with Crippen LogP contribution in [0.15, 0.2) is 27.6 Å². The summed E-state index contributed by atoms with van der Waals surface area (Å²) in [6.07, 6.45) is 5.14. The molecule has 118 valence electrons. The molecule has 1 fully saturated rings. The molecule has 2 rings (SSSR count). The number of rotatable bonds is 5. The normalized spacial score (nSPS) is 17.3. The molecule has 1 aliphatic carbocycles. The van der Waals surface area contributed by atoms with Crippen molar-refractivity contribution in [2.45, 2.75) is 43.0 Å². The zero-order valence-corrected chi connectivity index (χ0v) is 15.5.